The van der Waals surface area contributed by atoms with Gasteiger partial charge in [-0.1, -0.05) is 12.1 Å². The monoisotopic (exact) mass is 367 g/mol. The molecule has 1 saturated heterocycles. The Kier molecular flexibility index (Phi) is 4.91. The molecule has 1 heterocycles. The maximum atomic E-state index is 13.4. The average Bonchev–Trinajstić information content (AvgIpc) is 2.58. The van der Waals surface area contributed by atoms with Gasteiger partial charge in [-0.3, -0.25) is 4.72 Å². The van der Waals surface area contributed by atoms with Crippen LogP contribution in [0.5, 0.6) is 0 Å². The van der Waals surface area contributed by atoms with Gasteiger partial charge in [0.2, 0.25) is 0 Å². The molecule has 8 heteroatoms. The predicted octanol–water partition coefficient (Wildman–Crippen LogP) is 2.52. The van der Waals surface area contributed by atoms with E-state index in [4.69, 9.17) is 0 Å². The van der Waals surface area contributed by atoms with Crippen LogP contribution in [0.1, 0.15) is 0 Å². The lowest BCUT2D eigenvalue weighted by molar-refractivity contribution is 0.313. The molecular formula is C17H19F2N3O2S. The predicted molar refractivity (Wildman–Crippen MR) is 93.3 cm³/mol. The molecule has 1 aliphatic rings. The summed E-state index contributed by atoms with van der Waals surface area (Å²) in [4.78, 5) is 3.98. The molecular weight excluding hydrogens is 348 g/mol. The number of nitrogens with one attached hydrogen (secondary N) is 1. The fourth-order valence-corrected chi connectivity index (χ4v) is 3.82. The minimum absolute atomic E-state index is 0.320. The van der Waals surface area contributed by atoms with E-state index < -0.39 is 21.7 Å². The fraction of sp³-hybridized carbons (Fsp3) is 0.294. The molecule has 0 radical (unpaired) electrons. The normalized spacial score (nSPS) is 16.0. The van der Waals surface area contributed by atoms with E-state index in [2.05, 4.69) is 14.5 Å². The Morgan fingerprint density at radius 1 is 0.960 bits per heavy atom. The summed E-state index contributed by atoms with van der Waals surface area (Å²) in [6.07, 6.45) is 0. The maximum Gasteiger partial charge on any atom is 0.262 e. The molecule has 0 aromatic heterocycles. The van der Waals surface area contributed by atoms with E-state index in [0.717, 1.165) is 44.0 Å². The molecule has 1 fully saturated rings. The summed E-state index contributed by atoms with van der Waals surface area (Å²) in [5, 5.41) is 0. The van der Waals surface area contributed by atoms with Gasteiger partial charge in [0, 0.05) is 26.2 Å². The Morgan fingerprint density at radius 2 is 1.64 bits per heavy atom. The van der Waals surface area contributed by atoms with E-state index in [-0.39, 0.29) is 4.90 Å². The summed E-state index contributed by atoms with van der Waals surface area (Å²) in [5.74, 6) is -2.29. The highest BCUT2D eigenvalue weighted by Gasteiger charge is 2.21. The number of anilines is 2. The minimum atomic E-state index is -4.02. The van der Waals surface area contributed by atoms with E-state index in [1.807, 2.05) is 19.2 Å². The Hall–Kier alpha value is -2.19. The lowest BCUT2D eigenvalue weighted by Gasteiger charge is -2.35. The van der Waals surface area contributed by atoms with Crippen molar-refractivity contribution in [3.8, 4) is 0 Å². The molecule has 2 aromatic rings. The quantitative estimate of drug-likeness (QED) is 0.902. The Balaban J connectivity index is 1.88. The number of halogens is 2. The highest BCUT2D eigenvalue weighted by atomic mass is 32.2. The van der Waals surface area contributed by atoms with Crippen LogP contribution >= 0.6 is 0 Å². The highest BCUT2D eigenvalue weighted by Crippen LogP contribution is 2.29. The SMILES string of the molecule is CN1CCN(c2ccccc2NS(=O)(=O)c2ccc(F)c(F)c2)CC1. The zero-order chi connectivity index (χ0) is 18.0. The lowest BCUT2D eigenvalue weighted by atomic mass is 10.2. The van der Waals surface area contributed by atoms with Crippen molar-refractivity contribution in [1.29, 1.82) is 0 Å². The number of piperazine rings is 1. The third-order valence-electron chi connectivity index (χ3n) is 4.19. The molecule has 0 atom stereocenters. The van der Waals surface area contributed by atoms with Gasteiger partial charge in [-0.15, -0.1) is 0 Å². The molecule has 1 N–H and O–H groups in total. The number of nitrogens with zero attached hydrogens (tertiary/aromatic N) is 2. The van der Waals surface area contributed by atoms with Crippen molar-refractivity contribution in [2.24, 2.45) is 0 Å². The molecule has 3 rings (SSSR count). The Bertz CT molecular complexity index is 866. The van der Waals surface area contributed by atoms with Gasteiger partial charge in [-0.25, -0.2) is 17.2 Å². The smallest absolute Gasteiger partial charge is 0.262 e. The molecule has 5 nitrogen and oxygen atoms in total. The van der Waals surface area contributed by atoms with Crippen molar-refractivity contribution in [1.82, 2.24) is 4.90 Å². The first-order chi connectivity index (χ1) is 11.9. The summed E-state index contributed by atoms with van der Waals surface area (Å²) >= 11 is 0. The molecule has 0 amide bonds. The molecule has 134 valence electrons. The zero-order valence-corrected chi connectivity index (χ0v) is 14.6. The summed E-state index contributed by atoms with van der Waals surface area (Å²) in [5.41, 5.74) is 1.18. The van der Waals surface area contributed by atoms with Crippen LogP contribution in [0, 0.1) is 11.6 Å². The molecule has 0 saturated carbocycles. The summed E-state index contributed by atoms with van der Waals surface area (Å²) in [6.45, 7) is 3.31. The van der Waals surface area contributed by atoms with Crippen LogP contribution in [0.25, 0.3) is 0 Å². The van der Waals surface area contributed by atoms with E-state index in [9.17, 15) is 17.2 Å². The molecule has 2 aromatic carbocycles. The summed E-state index contributed by atoms with van der Waals surface area (Å²) < 4.78 is 54.0. The number of sulfonamides is 1. The number of benzene rings is 2. The van der Waals surface area contributed by atoms with Gasteiger partial charge >= 0.3 is 0 Å². The molecule has 0 bridgehead atoms. The minimum Gasteiger partial charge on any atom is -0.367 e. The highest BCUT2D eigenvalue weighted by molar-refractivity contribution is 7.92. The van der Waals surface area contributed by atoms with Gasteiger partial charge in [0.25, 0.3) is 10.0 Å². The standard InChI is InChI=1S/C17H19F2N3O2S/c1-21-8-10-22(11-9-21)17-5-3-2-4-16(17)20-25(23,24)13-6-7-14(18)15(19)12-13/h2-7,12,20H,8-11H2,1H3. The Labute approximate surface area is 145 Å². The topological polar surface area (TPSA) is 52.6 Å². The van der Waals surface area contributed by atoms with Crippen molar-refractivity contribution < 1.29 is 17.2 Å². The number of hydrogen-bond acceptors (Lipinski definition) is 4. The van der Waals surface area contributed by atoms with E-state index in [1.165, 1.54) is 0 Å². The van der Waals surface area contributed by atoms with Gasteiger partial charge in [0.15, 0.2) is 11.6 Å². The maximum absolute atomic E-state index is 13.4. The van der Waals surface area contributed by atoms with Crippen LogP contribution in [-0.2, 0) is 10.0 Å². The van der Waals surface area contributed by atoms with E-state index >= 15 is 0 Å². The summed E-state index contributed by atoms with van der Waals surface area (Å²) in [7, 11) is -1.98. The second-order valence-electron chi connectivity index (χ2n) is 5.99. The number of hydrogen-bond donors (Lipinski definition) is 1. The van der Waals surface area contributed by atoms with E-state index in [0.29, 0.717) is 11.8 Å². The van der Waals surface area contributed by atoms with Gasteiger partial charge in [-0.05, 0) is 37.4 Å². The number of likely N-dealkylation sites (N-methyl/N-ethyl adjacent to an activating group) is 1. The van der Waals surface area contributed by atoms with Gasteiger partial charge in [0.1, 0.15) is 0 Å². The van der Waals surface area contributed by atoms with Crippen molar-refractivity contribution in [2.75, 3.05) is 42.8 Å². The number of para-hydroxylation sites is 2. The fourth-order valence-electron chi connectivity index (χ4n) is 2.73. The Morgan fingerprint density at radius 3 is 2.32 bits per heavy atom. The van der Waals surface area contributed by atoms with Crippen LogP contribution in [0.4, 0.5) is 20.2 Å². The number of rotatable bonds is 4. The first-order valence-corrected chi connectivity index (χ1v) is 9.35. The molecule has 0 spiro atoms. The average molecular weight is 367 g/mol. The van der Waals surface area contributed by atoms with Gasteiger partial charge in [-0.2, -0.15) is 0 Å². The molecule has 25 heavy (non-hydrogen) atoms. The van der Waals surface area contributed by atoms with Crippen LogP contribution in [0.3, 0.4) is 0 Å². The largest absolute Gasteiger partial charge is 0.367 e. The molecule has 0 unspecified atom stereocenters. The van der Waals surface area contributed by atoms with Crippen molar-refractivity contribution in [3.05, 3.63) is 54.1 Å². The third kappa shape index (κ3) is 3.91. The zero-order valence-electron chi connectivity index (χ0n) is 13.7. The second kappa shape index (κ2) is 6.97. The molecule has 1 aliphatic heterocycles. The van der Waals surface area contributed by atoms with E-state index in [1.54, 1.807) is 12.1 Å². The van der Waals surface area contributed by atoms with Crippen LogP contribution in [-0.4, -0.2) is 46.5 Å². The van der Waals surface area contributed by atoms with Crippen LogP contribution in [0.2, 0.25) is 0 Å². The molecule has 0 aliphatic carbocycles. The van der Waals surface area contributed by atoms with Crippen molar-refractivity contribution in [3.63, 3.8) is 0 Å². The van der Waals surface area contributed by atoms with Crippen LogP contribution < -0.4 is 9.62 Å². The van der Waals surface area contributed by atoms with Gasteiger partial charge in [0.05, 0.1) is 16.3 Å². The lowest BCUT2D eigenvalue weighted by Crippen LogP contribution is -2.44. The first kappa shape index (κ1) is 17.6. The van der Waals surface area contributed by atoms with Crippen molar-refractivity contribution >= 4 is 21.4 Å². The van der Waals surface area contributed by atoms with Crippen LogP contribution in [0.15, 0.2) is 47.4 Å². The third-order valence-corrected chi connectivity index (χ3v) is 5.56. The van der Waals surface area contributed by atoms with Gasteiger partial charge < -0.3 is 9.80 Å². The first-order valence-electron chi connectivity index (χ1n) is 7.87. The summed E-state index contributed by atoms with van der Waals surface area (Å²) in [6, 6.07) is 9.58. The second-order valence-corrected chi connectivity index (χ2v) is 7.67. The van der Waals surface area contributed by atoms with Crippen molar-refractivity contribution in [2.45, 2.75) is 4.90 Å².